The lowest BCUT2D eigenvalue weighted by molar-refractivity contribution is 1.01. The molecule has 1 nitrogen and oxygen atoms in total. The van der Waals surface area contributed by atoms with Crippen molar-refractivity contribution < 1.29 is 0 Å². The number of halogens is 3. The van der Waals surface area contributed by atoms with Gasteiger partial charge in [0.15, 0.2) is 0 Å². The zero-order chi connectivity index (χ0) is 5.91. The summed E-state index contributed by atoms with van der Waals surface area (Å²) in [6.07, 6.45) is 0. The van der Waals surface area contributed by atoms with Crippen molar-refractivity contribution in [3.8, 4) is 0 Å². The molecule has 0 saturated heterocycles. The summed E-state index contributed by atoms with van der Waals surface area (Å²) in [5.74, 6) is 0. The molecular formula is C2H2Cl3NS. The van der Waals surface area contributed by atoms with Gasteiger partial charge in [0, 0.05) is 0 Å². The minimum atomic E-state index is -1.44. The van der Waals surface area contributed by atoms with E-state index in [0.717, 1.165) is 5.49 Å². The monoisotopic (exact) mass is 177 g/mol. The van der Waals surface area contributed by atoms with Crippen LogP contribution in [0.1, 0.15) is 0 Å². The van der Waals surface area contributed by atoms with Crippen molar-refractivity contribution >= 4 is 52.5 Å². The van der Waals surface area contributed by atoms with Crippen LogP contribution in [0.4, 0.5) is 0 Å². The van der Waals surface area contributed by atoms with E-state index < -0.39 is 3.92 Å². The summed E-state index contributed by atoms with van der Waals surface area (Å²) in [7, 11) is 0. The fraction of sp³-hybridized carbons (Fsp3) is 0.500. The Labute approximate surface area is 61.9 Å². The summed E-state index contributed by atoms with van der Waals surface area (Å²) >= 11 is 19.8. The van der Waals surface area contributed by atoms with Gasteiger partial charge in [-0.2, -0.15) is 0 Å². The van der Waals surface area contributed by atoms with E-state index >= 15 is 0 Å². The van der Waals surface area contributed by atoms with Crippen LogP contribution in [0.5, 0.6) is 0 Å². The third-order valence-electron chi connectivity index (χ3n) is 0.223. The second-order valence-corrected chi connectivity index (χ2v) is 3.28. The summed E-state index contributed by atoms with van der Waals surface area (Å²) in [5, 5.41) is 2.27. The van der Waals surface area contributed by atoms with Gasteiger partial charge >= 0.3 is 0 Å². The molecule has 42 valence electrons. The van der Waals surface area contributed by atoms with Gasteiger partial charge in [-0.05, 0) is 0 Å². The van der Waals surface area contributed by atoms with Crippen molar-refractivity contribution in [1.29, 1.82) is 0 Å². The molecule has 0 aliphatic rings. The third-order valence-corrected chi connectivity index (χ3v) is 0.668. The molecule has 7 heavy (non-hydrogen) atoms. The molecule has 0 spiro atoms. The first-order chi connectivity index (χ1) is 3.06. The van der Waals surface area contributed by atoms with Gasteiger partial charge in [-0.15, -0.1) is 0 Å². The SMILES string of the molecule is S=CNC(Cl)(Cl)Cl. The Balaban J connectivity index is 3.34. The molecule has 0 aliphatic heterocycles. The topological polar surface area (TPSA) is 12.0 Å². The maximum atomic E-state index is 5.16. The Morgan fingerprint density at radius 2 is 1.86 bits per heavy atom. The predicted molar refractivity (Wildman–Crippen MR) is 37.1 cm³/mol. The molecule has 1 N–H and O–H groups in total. The molecule has 0 fully saturated rings. The van der Waals surface area contributed by atoms with E-state index in [2.05, 4.69) is 17.5 Å². The highest BCUT2D eigenvalue weighted by molar-refractivity contribution is 7.78. The number of hydrogen-bond acceptors (Lipinski definition) is 1. The van der Waals surface area contributed by atoms with Crippen molar-refractivity contribution in [1.82, 2.24) is 5.32 Å². The average molecular weight is 178 g/mol. The minimum Gasteiger partial charge on any atom is -0.339 e. The molecule has 0 aromatic heterocycles. The molecule has 0 aromatic carbocycles. The summed E-state index contributed by atoms with van der Waals surface area (Å²) in [6.45, 7) is 0. The fourth-order valence-electron chi connectivity index (χ4n) is 0.0668. The normalized spacial score (nSPS) is 10.7. The molecular weight excluding hydrogens is 176 g/mol. The van der Waals surface area contributed by atoms with Crippen molar-refractivity contribution in [3.05, 3.63) is 0 Å². The van der Waals surface area contributed by atoms with E-state index in [-0.39, 0.29) is 0 Å². The lowest BCUT2D eigenvalue weighted by atomic mass is 11.2. The summed E-state index contributed by atoms with van der Waals surface area (Å²) in [6, 6.07) is 0. The van der Waals surface area contributed by atoms with E-state index in [1.165, 1.54) is 0 Å². The zero-order valence-electron chi connectivity index (χ0n) is 3.12. The maximum absolute atomic E-state index is 5.16. The predicted octanol–water partition coefficient (Wildman–Crippen LogP) is 1.86. The van der Waals surface area contributed by atoms with Crippen LogP contribution in [-0.2, 0) is 0 Å². The fourth-order valence-corrected chi connectivity index (χ4v) is 0.601. The molecule has 0 unspecified atom stereocenters. The van der Waals surface area contributed by atoms with E-state index in [1.807, 2.05) is 0 Å². The van der Waals surface area contributed by atoms with Crippen LogP contribution in [0, 0.1) is 0 Å². The van der Waals surface area contributed by atoms with Crippen LogP contribution in [0.25, 0.3) is 0 Å². The van der Waals surface area contributed by atoms with Gasteiger partial charge in [-0.25, -0.2) is 0 Å². The van der Waals surface area contributed by atoms with Crippen LogP contribution >= 0.6 is 47.0 Å². The smallest absolute Gasteiger partial charge is 0.265 e. The maximum Gasteiger partial charge on any atom is 0.265 e. The van der Waals surface area contributed by atoms with Crippen molar-refractivity contribution in [3.63, 3.8) is 0 Å². The summed E-state index contributed by atoms with van der Waals surface area (Å²) in [4.78, 5) is 0. The standard InChI is InChI=1S/C2H2Cl3NS/c3-2(4,5)6-1-7/h1H,(H,6,7). The number of nitrogens with one attached hydrogen (secondary N) is 1. The zero-order valence-corrected chi connectivity index (χ0v) is 6.20. The Morgan fingerprint density at radius 1 is 1.43 bits per heavy atom. The van der Waals surface area contributed by atoms with Crippen LogP contribution in [-0.4, -0.2) is 9.41 Å². The minimum absolute atomic E-state index is 1.15. The molecule has 0 amide bonds. The van der Waals surface area contributed by atoms with Crippen LogP contribution < -0.4 is 5.32 Å². The highest BCUT2D eigenvalue weighted by Crippen LogP contribution is 2.20. The molecule has 0 bridgehead atoms. The molecule has 5 heteroatoms. The van der Waals surface area contributed by atoms with E-state index in [9.17, 15) is 0 Å². The summed E-state index contributed by atoms with van der Waals surface area (Å²) in [5.41, 5.74) is 1.15. The average Bonchev–Trinajstić information content (AvgIpc) is 1.30. The first kappa shape index (κ1) is 7.76. The first-order valence-corrected chi connectivity index (χ1v) is 2.95. The third kappa shape index (κ3) is 6.76. The molecule has 0 rings (SSSR count). The number of thiocarbonyl (C=S) groups is 1. The lowest BCUT2D eigenvalue weighted by Gasteiger charge is -2.06. The van der Waals surface area contributed by atoms with Gasteiger partial charge in [0.25, 0.3) is 3.92 Å². The van der Waals surface area contributed by atoms with Crippen LogP contribution in [0.15, 0.2) is 0 Å². The molecule has 0 heterocycles. The highest BCUT2D eigenvalue weighted by Gasteiger charge is 2.14. The number of hydrogen-bond donors (Lipinski definition) is 1. The Kier molecular flexibility index (Phi) is 3.24. The van der Waals surface area contributed by atoms with Crippen molar-refractivity contribution in [2.45, 2.75) is 3.92 Å². The van der Waals surface area contributed by atoms with Crippen LogP contribution in [0.3, 0.4) is 0 Å². The van der Waals surface area contributed by atoms with Gasteiger partial charge < -0.3 is 5.32 Å². The molecule has 0 radical (unpaired) electrons. The highest BCUT2D eigenvalue weighted by atomic mass is 35.6. The Morgan fingerprint density at radius 3 is 1.86 bits per heavy atom. The number of rotatable bonds is 1. The Hall–Kier alpha value is 0.760. The number of alkyl halides is 3. The molecule has 0 atom stereocenters. The lowest BCUT2D eigenvalue weighted by Crippen LogP contribution is -2.25. The van der Waals surface area contributed by atoms with E-state index in [4.69, 9.17) is 34.8 Å². The van der Waals surface area contributed by atoms with Gasteiger partial charge in [0.1, 0.15) is 0 Å². The van der Waals surface area contributed by atoms with Crippen molar-refractivity contribution in [2.75, 3.05) is 0 Å². The quantitative estimate of drug-likeness (QED) is 0.374. The van der Waals surface area contributed by atoms with Gasteiger partial charge in [-0.1, -0.05) is 47.0 Å². The second-order valence-electron chi connectivity index (χ2n) is 0.760. The van der Waals surface area contributed by atoms with E-state index in [0.29, 0.717) is 0 Å². The van der Waals surface area contributed by atoms with Gasteiger partial charge in [-0.3, -0.25) is 0 Å². The molecule has 0 aliphatic carbocycles. The van der Waals surface area contributed by atoms with Gasteiger partial charge in [0.2, 0.25) is 0 Å². The van der Waals surface area contributed by atoms with Gasteiger partial charge in [0.05, 0.1) is 5.49 Å². The van der Waals surface area contributed by atoms with E-state index in [1.54, 1.807) is 0 Å². The first-order valence-electron chi connectivity index (χ1n) is 1.34. The largest absolute Gasteiger partial charge is 0.339 e. The molecule has 0 saturated carbocycles. The molecule has 0 aromatic rings. The second kappa shape index (κ2) is 2.92. The van der Waals surface area contributed by atoms with Crippen LogP contribution in [0.2, 0.25) is 0 Å². The Bertz CT molecular complexity index is 67.8. The van der Waals surface area contributed by atoms with Crippen molar-refractivity contribution in [2.24, 2.45) is 0 Å². The summed E-state index contributed by atoms with van der Waals surface area (Å²) < 4.78 is -1.44.